The van der Waals surface area contributed by atoms with E-state index in [2.05, 4.69) is 19.2 Å². The van der Waals surface area contributed by atoms with Crippen molar-refractivity contribution in [1.82, 2.24) is 4.90 Å². The Morgan fingerprint density at radius 1 is 1.31 bits per heavy atom. The Morgan fingerprint density at radius 3 is 2.50 bits per heavy atom. The van der Waals surface area contributed by atoms with E-state index >= 15 is 0 Å². The lowest BCUT2D eigenvalue weighted by molar-refractivity contribution is -0.0578. The van der Waals surface area contributed by atoms with E-state index in [1.807, 2.05) is 4.90 Å². The number of methoxy groups -OCH3 is 1. The molecule has 1 aromatic carbocycles. The molecule has 26 heavy (non-hydrogen) atoms. The van der Waals surface area contributed by atoms with Crippen molar-refractivity contribution < 1.29 is 17.9 Å². The van der Waals surface area contributed by atoms with Crippen LogP contribution in [0.5, 0.6) is 5.75 Å². The molecule has 1 aliphatic carbocycles. The predicted octanol–water partition coefficient (Wildman–Crippen LogP) is 3.53. The smallest absolute Gasteiger partial charge is 0.322 e. The number of nitrogens with one attached hydrogen (secondary N) is 1. The average Bonchev–Trinajstić information content (AvgIpc) is 3.02. The third kappa shape index (κ3) is 3.29. The molecule has 1 heterocycles. The van der Waals surface area contributed by atoms with Crippen LogP contribution in [0.25, 0.3) is 0 Å². The third-order valence-corrected chi connectivity index (χ3v) is 6.87. The van der Waals surface area contributed by atoms with Gasteiger partial charge < -0.3 is 15.0 Å². The van der Waals surface area contributed by atoms with Gasteiger partial charge in [0.05, 0.1) is 7.11 Å². The fourth-order valence-electron chi connectivity index (χ4n) is 4.79. The molecule has 0 radical (unpaired) electrons. The van der Waals surface area contributed by atoms with Crippen molar-refractivity contribution in [2.45, 2.75) is 50.5 Å². The molecule has 2 amide bonds. The molecule has 1 spiro atoms. The zero-order chi connectivity index (χ0) is 19.1. The summed E-state index contributed by atoms with van der Waals surface area (Å²) in [5.41, 5.74) is 0.745. The molecule has 1 saturated carbocycles. The molecular weight excluding hydrogens is 352 g/mol. The van der Waals surface area contributed by atoms with Crippen molar-refractivity contribution in [3.63, 3.8) is 0 Å². The lowest BCUT2D eigenvalue weighted by atomic mass is 9.66. The van der Waals surface area contributed by atoms with Crippen molar-refractivity contribution in [3.8, 4) is 5.75 Å². The second-order valence-electron chi connectivity index (χ2n) is 7.95. The number of benzene rings is 1. The maximum Gasteiger partial charge on any atom is 0.322 e. The minimum absolute atomic E-state index is 0.0779. The highest BCUT2D eigenvalue weighted by atomic mass is 32.2. The summed E-state index contributed by atoms with van der Waals surface area (Å²) in [4.78, 5) is 14.8. The van der Waals surface area contributed by atoms with Crippen LogP contribution >= 0.6 is 0 Å². The van der Waals surface area contributed by atoms with E-state index in [1.54, 1.807) is 12.1 Å². The van der Waals surface area contributed by atoms with Gasteiger partial charge in [0.2, 0.25) is 0 Å². The molecule has 144 valence electrons. The van der Waals surface area contributed by atoms with Crippen LogP contribution in [0.4, 0.5) is 10.5 Å². The number of nitrogens with zero attached hydrogens (tertiary/aromatic N) is 1. The Bertz CT molecular complexity index is 798. The van der Waals surface area contributed by atoms with E-state index in [9.17, 15) is 13.2 Å². The topological polar surface area (TPSA) is 75.7 Å². The number of carbonyl (C=O) groups excluding carboxylic acids is 1. The van der Waals surface area contributed by atoms with E-state index in [0.717, 1.165) is 12.8 Å². The number of anilines is 1. The average molecular weight is 381 g/mol. The van der Waals surface area contributed by atoms with Gasteiger partial charge in [0.15, 0.2) is 9.84 Å². The molecule has 1 N–H and O–H groups in total. The van der Waals surface area contributed by atoms with Gasteiger partial charge in [-0.1, -0.05) is 26.7 Å². The van der Waals surface area contributed by atoms with E-state index < -0.39 is 9.84 Å². The highest BCUT2D eigenvalue weighted by molar-refractivity contribution is 7.90. The monoisotopic (exact) mass is 380 g/mol. The Hall–Kier alpha value is -1.76. The van der Waals surface area contributed by atoms with Gasteiger partial charge in [-0.3, -0.25) is 0 Å². The minimum Gasteiger partial charge on any atom is -0.495 e. The van der Waals surface area contributed by atoms with Crippen molar-refractivity contribution in [2.75, 3.05) is 25.2 Å². The van der Waals surface area contributed by atoms with Crippen LogP contribution in [-0.4, -0.2) is 45.3 Å². The number of hydrogen-bond acceptors (Lipinski definition) is 4. The van der Waals surface area contributed by atoms with Gasteiger partial charge in [0, 0.05) is 29.9 Å². The summed E-state index contributed by atoms with van der Waals surface area (Å²) < 4.78 is 29.0. The molecule has 1 saturated heterocycles. The maximum absolute atomic E-state index is 12.8. The Labute approximate surface area is 155 Å². The minimum atomic E-state index is -3.45. The van der Waals surface area contributed by atoms with Crippen LogP contribution in [-0.2, 0) is 9.84 Å². The fourth-order valence-corrected chi connectivity index (χ4v) is 5.64. The van der Waals surface area contributed by atoms with Crippen LogP contribution in [0.1, 0.15) is 39.5 Å². The van der Waals surface area contributed by atoms with Crippen LogP contribution in [0, 0.1) is 11.3 Å². The molecule has 7 heteroatoms. The van der Waals surface area contributed by atoms with Gasteiger partial charge in [-0.25, -0.2) is 13.2 Å². The standard InChI is InChI=1S/C19H28N2O4S/c1-13(2)17-19(9-5-6-10-19)12-21(17)18(22)20-14-7-8-15(25-3)16(11-14)26(4,23)24/h7-8,11,13,17H,5-6,9-10,12H2,1-4H3,(H,20,22). The summed E-state index contributed by atoms with van der Waals surface area (Å²) in [6.45, 7) is 5.12. The summed E-state index contributed by atoms with van der Waals surface area (Å²) in [5, 5.41) is 2.87. The summed E-state index contributed by atoms with van der Waals surface area (Å²) in [5.74, 6) is 0.675. The summed E-state index contributed by atoms with van der Waals surface area (Å²) in [6, 6.07) is 4.78. The number of likely N-dealkylation sites (tertiary alicyclic amines) is 1. The van der Waals surface area contributed by atoms with Crippen molar-refractivity contribution >= 4 is 21.6 Å². The largest absolute Gasteiger partial charge is 0.495 e. The first-order chi connectivity index (χ1) is 12.2. The molecule has 0 bridgehead atoms. The van der Waals surface area contributed by atoms with E-state index in [-0.39, 0.29) is 28.1 Å². The number of rotatable bonds is 4. The molecule has 1 unspecified atom stereocenters. The second-order valence-corrected chi connectivity index (χ2v) is 9.94. The second kappa shape index (κ2) is 6.76. The number of amides is 2. The summed E-state index contributed by atoms with van der Waals surface area (Å²) in [7, 11) is -2.02. The quantitative estimate of drug-likeness (QED) is 0.867. The molecule has 6 nitrogen and oxygen atoms in total. The summed E-state index contributed by atoms with van der Waals surface area (Å²) >= 11 is 0. The predicted molar refractivity (Wildman–Crippen MR) is 101 cm³/mol. The van der Waals surface area contributed by atoms with Crippen molar-refractivity contribution in [2.24, 2.45) is 11.3 Å². The van der Waals surface area contributed by atoms with Crippen LogP contribution in [0.3, 0.4) is 0 Å². The van der Waals surface area contributed by atoms with Gasteiger partial charge in [-0.15, -0.1) is 0 Å². The van der Waals surface area contributed by atoms with Gasteiger partial charge >= 0.3 is 6.03 Å². The molecule has 0 aromatic heterocycles. The zero-order valence-electron chi connectivity index (χ0n) is 15.9. The molecule has 2 aliphatic rings. The van der Waals surface area contributed by atoms with Gasteiger partial charge in [0.1, 0.15) is 10.6 Å². The van der Waals surface area contributed by atoms with E-state index in [4.69, 9.17) is 4.74 Å². The third-order valence-electron chi connectivity index (χ3n) is 5.75. The number of urea groups is 1. The van der Waals surface area contributed by atoms with Gasteiger partial charge in [-0.05, 0) is 37.0 Å². The Kier molecular flexibility index (Phi) is 4.94. The number of sulfone groups is 1. The van der Waals surface area contributed by atoms with Crippen molar-refractivity contribution in [1.29, 1.82) is 0 Å². The first-order valence-corrected chi connectivity index (χ1v) is 11.0. The number of carbonyl (C=O) groups is 1. The first-order valence-electron chi connectivity index (χ1n) is 9.14. The van der Waals surface area contributed by atoms with Crippen LogP contribution in [0.15, 0.2) is 23.1 Å². The zero-order valence-corrected chi connectivity index (χ0v) is 16.7. The Balaban J connectivity index is 1.78. The van der Waals surface area contributed by atoms with E-state index in [1.165, 1.54) is 38.9 Å². The lowest BCUT2D eigenvalue weighted by Gasteiger charge is -2.58. The number of hydrogen-bond donors (Lipinski definition) is 1. The fraction of sp³-hybridized carbons (Fsp3) is 0.632. The SMILES string of the molecule is COc1ccc(NC(=O)N2CC3(CCCC3)C2C(C)C)cc1S(C)(=O)=O. The Morgan fingerprint density at radius 2 is 1.96 bits per heavy atom. The molecule has 1 atom stereocenters. The highest BCUT2D eigenvalue weighted by Crippen LogP contribution is 2.53. The van der Waals surface area contributed by atoms with Gasteiger partial charge in [0.25, 0.3) is 0 Å². The molecule has 1 aromatic rings. The lowest BCUT2D eigenvalue weighted by Crippen LogP contribution is -2.68. The molecule has 3 rings (SSSR count). The van der Waals surface area contributed by atoms with E-state index in [0.29, 0.717) is 11.6 Å². The van der Waals surface area contributed by atoms with Gasteiger partial charge in [-0.2, -0.15) is 0 Å². The number of ether oxygens (including phenoxy) is 1. The summed E-state index contributed by atoms with van der Waals surface area (Å²) in [6.07, 6.45) is 6.01. The molecular formula is C19H28N2O4S. The molecule has 2 fully saturated rings. The van der Waals surface area contributed by atoms with Crippen LogP contribution < -0.4 is 10.1 Å². The van der Waals surface area contributed by atoms with Crippen LogP contribution in [0.2, 0.25) is 0 Å². The maximum atomic E-state index is 12.8. The highest BCUT2D eigenvalue weighted by Gasteiger charge is 2.56. The first kappa shape index (κ1) is 19.0. The normalized spacial score (nSPS) is 21.7. The van der Waals surface area contributed by atoms with Crippen molar-refractivity contribution in [3.05, 3.63) is 18.2 Å². The molecule has 1 aliphatic heterocycles.